The Morgan fingerprint density at radius 1 is 1.08 bits per heavy atom. The van der Waals surface area contributed by atoms with Crippen molar-refractivity contribution in [3.63, 3.8) is 0 Å². The van der Waals surface area contributed by atoms with E-state index in [4.69, 9.17) is 0 Å². The highest BCUT2D eigenvalue weighted by Gasteiger charge is 2.04. The van der Waals surface area contributed by atoms with E-state index in [1.54, 1.807) is 0 Å². The average Bonchev–Trinajstić information content (AvgIpc) is 2.19. The van der Waals surface area contributed by atoms with Crippen LogP contribution in [-0.4, -0.2) is 0 Å². The summed E-state index contributed by atoms with van der Waals surface area (Å²) in [5, 5.41) is 1.32. The fourth-order valence-corrected chi connectivity index (χ4v) is 1.66. The summed E-state index contributed by atoms with van der Waals surface area (Å²) >= 11 is 0. The van der Waals surface area contributed by atoms with Crippen LogP contribution in [0.4, 0.5) is 0 Å². The van der Waals surface area contributed by atoms with Crippen LogP contribution in [0.1, 0.15) is 13.3 Å². The van der Waals surface area contributed by atoms with Crippen molar-refractivity contribution in [2.75, 3.05) is 0 Å². The number of nitrogens with zero attached hydrogens (tertiary/aromatic N) is 1. The molecule has 66 valence electrons. The maximum absolute atomic E-state index is 2.30. The van der Waals surface area contributed by atoms with Crippen LogP contribution in [0.2, 0.25) is 0 Å². The van der Waals surface area contributed by atoms with Crippen molar-refractivity contribution >= 4 is 10.9 Å². The van der Waals surface area contributed by atoms with Gasteiger partial charge in [-0.1, -0.05) is 19.1 Å². The third-order valence-corrected chi connectivity index (χ3v) is 2.25. The number of rotatable bonds is 2. The molecule has 1 aromatic heterocycles. The molecule has 0 aliphatic rings. The van der Waals surface area contributed by atoms with Crippen LogP contribution in [0.5, 0.6) is 0 Å². The van der Waals surface area contributed by atoms with Gasteiger partial charge in [-0.05, 0) is 12.1 Å². The molecule has 0 atom stereocenters. The first-order valence-corrected chi connectivity index (χ1v) is 4.79. The summed E-state index contributed by atoms with van der Waals surface area (Å²) in [6.07, 6.45) is 3.32. The predicted molar refractivity (Wildman–Crippen MR) is 54.4 cm³/mol. The molecule has 0 fully saturated rings. The molecule has 0 saturated heterocycles. The third kappa shape index (κ3) is 1.55. The van der Waals surface area contributed by atoms with Gasteiger partial charge in [-0.25, -0.2) is 0 Å². The molecule has 0 saturated carbocycles. The quantitative estimate of drug-likeness (QED) is 0.613. The Labute approximate surface area is 78.6 Å². The molecule has 0 aliphatic heterocycles. The predicted octanol–water partition coefficient (Wildman–Crippen LogP) is 2.54. The first-order chi connectivity index (χ1) is 6.42. The van der Waals surface area contributed by atoms with Gasteiger partial charge in [-0.15, -0.1) is 0 Å². The number of pyridine rings is 1. The Morgan fingerprint density at radius 3 is 2.69 bits per heavy atom. The summed E-state index contributed by atoms with van der Waals surface area (Å²) in [4.78, 5) is 0. The lowest BCUT2D eigenvalue weighted by Gasteiger charge is -1.98. The number of fused-ring (bicyclic) bond motifs is 1. The molecule has 0 amide bonds. The second kappa shape index (κ2) is 3.56. The zero-order valence-corrected chi connectivity index (χ0v) is 7.90. The molecule has 1 heteroatoms. The van der Waals surface area contributed by atoms with Crippen LogP contribution < -0.4 is 4.57 Å². The van der Waals surface area contributed by atoms with Gasteiger partial charge in [-0.2, -0.15) is 4.57 Å². The van der Waals surface area contributed by atoms with Crippen LogP contribution >= 0.6 is 0 Å². The van der Waals surface area contributed by atoms with Gasteiger partial charge in [0.15, 0.2) is 6.20 Å². The molecule has 0 radical (unpaired) electrons. The number of hydrogen-bond donors (Lipinski definition) is 0. The minimum atomic E-state index is 1.10. The number of hydrogen-bond acceptors (Lipinski definition) is 0. The van der Waals surface area contributed by atoms with Crippen molar-refractivity contribution in [1.82, 2.24) is 0 Å². The van der Waals surface area contributed by atoms with E-state index < -0.39 is 0 Å². The summed E-state index contributed by atoms with van der Waals surface area (Å²) < 4.78 is 2.30. The number of para-hydroxylation sites is 1. The second-order valence-corrected chi connectivity index (χ2v) is 3.26. The van der Waals surface area contributed by atoms with Gasteiger partial charge >= 0.3 is 0 Å². The first-order valence-electron chi connectivity index (χ1n) is 4.79. The molecule has 13 heavy (non-hydrogen) atoms. The van der Waals surface area contributed by atoms with Gasteiger partial charge in [0.25, 0.3) is 0 Å². The Morgan fingerprint density at radius 2 is 1.85 bits per heavy atom. The SMILES string of the molecule is CCC[n+]1cccc2ccccc21. The lowest BCUT2D eigenvalue weighted by molar-refractivity contribution is -0.671. The molecular formula is C12H14N+. The summed E-state index contributed by atoms with van der Waals surface area (Å²) in [5.41, 5.74) is 1.33. The smallest absolute Gasteiger partial charge is 0.198 e. The highest BCUT2D eigenvalue weighted by molar-refractivity contribution is 5.74. The van der Waals surface area contributed by atoms with Gasteiger partial charge in [0.2, 0.25) is 5.52 Å². The fraction of sp³-hybridized carbons (Fsp3) is 0.250. The van der Waals surface area contributed by atoms with Crippen molar-refractivity contribution in [1.29, 1.82) is 0 Å². The molecule has 0 bridgehead atoms. The van der Waals surface area contributed by atoms with Crippen molar-refractivity contribution in [2.45, 2.75) is 19.9 Å². The minimum Gasteiger partial charge on any atom is -0.198 e. The topological polar surface area (TPSA) is 3.88 Å². The average molecular weight is 172 g/mol. The van der Waals surface area contributed by atoms with Gasteiger partial charge in [-0.3, -0.25) is 0 Å². The molecule has 0 aliphatic carbocycles. The zero-order valence-electron chi connectivity index (χ0n) is 7.90. The molecular weight excluding hydrogens is 158 g/mol. The zero-order chi connectivity index (χ0) is 9.10. The fourth-order valence-electron chi connectivity index (χ4n) is 1.66. The number of benzene rings is 1. The Hall–Kier alpha value is -1.37. The molecule has 1 aromatic carbocycles. The van der Waals surface area contributed by atoms with E-state index in [9.17, 15) is 0 Å². The van der Waals surface area contributed by atoms with Crippen LogP contribution in [0.15, 0.2) is 42.6 Å². The van der Waals surface area contributed by atoms with Crippen LogP contribution in [0.25, 0.3) is 10.9 Å². The molecule has 2 rings (SSSR count). The van der Waals surface area contributed by atoms with Crippen molar-refractivity contribution < 1.29 is 4.57 Å². The highest BCUT2D eigenvalue weighted by Crippen LogP contribution is 2.07. The Bertz CT molecular complexity index is 401. The van der Waals surface area contributed by atoms with Crippen LogP contribution in [0, 0.1) is 0 Å². The number of aryl methyl sites for hydroxylation is 1. The van der Waals surface area contributed by atoms with Gasteiger partial charge in [0, 0.05) is 23.9 Å². The molecule has 1 heterocycles. The summed E-state index contributed by atoms with van der Waals surface area (Å²) in [6, 6.07) is 12.8. The Kier molecular flexibility index (Phi) is 2.26. The van der Waals surface area contributed by atoms with Gasteiger partial charge < -0.3 is 0 Å². The van der Waals surface area contributed by atoms with Gasteiger partial charge in [0.05, 0.1) is 0 Å². The van der Waals surface area contributed by atoms with E-state index in [1.165, 1.54) is 17.3 Å². The largest absolute Gasteiger partial charge is 0.212 e. The standard InChI is InChI=1S/C12H14N/c1-2-9-13-10-5-7-11-6-3-4-8-12(11)13/h3-8,10H,2,9H2,1H3/q+1. The monoisotopic (exact) mass is 172 g/mol. The van der Waals surface area contributed by atoms with Crippen LogP contribution in [0.3, 0.4) is 0 Å². The van der Waals surface area contributed by atoms with E-state index in [-0.39, 0.29) is 0 Å². The summed E-state index contributed by atoms with van der Waals surface area (Å²) in [5.74, 6) is 0. The first kappa shape index (κ1) is 8.24. The lowest BCUT2D eigenvalue weighted by atomic mass is 10.2. The second-order valence-electron chi connectivity index (χ2n) is 3.26. The molecule has 0 spiro atoms. The van der Waals surface area contributed by atoms with Crippen molar-refractivity contribution in [2.24, 2.45) is 0 Å². The Balaban J connectivity index is 2.61. The summed E-state index contributed by atoms with van der Waals surface area (Å²) in [6.45, 7) is 3.30. The highest BCUT2D eigenvalue weighted by atomic mass is 14.9. The van der Waals surface area contributed by atoms with Crippen LogP contribution in [-0.2, 0) is 6.54 Å². The lowest BCUT2D eigenvalue weighted by Crippen LogP contribution is -2.33. The van der Waals surface area contributed by atoms with Gasteiger partial charge in [0.1, 0.15) is 6.54 Å². The minimum absolute atomic E-state index is 1.10. The molecule has 1 nitrogen and oxygen atoms in total. The van der Waals surface area contributed by atoms with E-state index in [1.807, 2.05) is 0 Å². The van der Waals surface area contributed by atoms with E-state index in [0.717, 1.165) is 6.54 Å². The van der Waals surface area contributed by atoms with E-state index in [2.05, 4.69) is 54.1 Å². The third-order valence-electron chi connectivity index (χ3n) is 2.25. The maximum atomic E-state index is 2.30. The van der Waals surface area contributed by atoms with Crippen molar-refractivity contribution in [3.05, 3.63) is 42.6 Å². The summed E-state index contributed by atoms with van der Waals surface area (Å²) in [7, 11) is 0. The molecule has 0 unspecified atom stereocenters. The van der Waals surface area contributed by atoms with E-state index >= 15 is 0 Å². The molecule has 0 N–H and O–H groups in total. The maximum Gasteiger partial charge on any atom is 0.212 e. The molecule has 2 aromatic rings. The number of aromatic nitrogens is 1. The van der Waals surface area contributed by atoms with E-state index in [0.29, 0.717) is 0 Å². The normalized spacial score (nSPS) is 10.5. The van der Waals surface area contributed by atoms with Crippen molar-refractivity contribution in [3.8, 4) is 0 Å².